The number of carbonyl (C=O) groups excluding carboxylic acids is 1. The van der Waals surface area contributed by atoms with Crippen LogP contribution in [0.4, 0.5) is 0 Å². The normalized spacial score (nSPS) is 11.5. The third-order valence-electron chi connectivity index (χ3n) is 3.65. The first-order valence-electron chi connectivity index (χ1n) is 7.74. The lowest BCUT2D eigenvalue weighted by molar-refractivity contribution is -0.118. The quantitative estimate of drug-likeness (QED) is 0.855. The molecule has 1 N–H and O–H groups in total. The molecule has 0 fully saturated rings. The Morgan fingerprint density at radius 2 is 1.87 bits per heavy atom. The van der Waals surface area contributed by atoms with Crippen molar-refractivity contribution in [2.45, 2.75) is 44.8 Å². The standard InChI is InChI=1S/C17H24N4OS/c1-6-21-15(19-20-16(21)23-11-14(22)18-5)12-7-9-13(10-8-12)17(2,3)4/h7-10H,6,11H2,1-5H3,(H,18,22). The molecule has 0 spiro atoms. The lowest BCUT2D eigenvalue weighted by Gasteiger charge is -2.19. The number of amides is 1. The first-order chi connectivity index (χ1) is 10.9. The molecule has 2 rings (SSSR count). The molecule has 1 heterocycles. The molecule has 0 saturated heterocycles. The van der Waals surface area contributed by atoms with Crippen LogP contribution in [0.1, 0.15) is 33.3 Å². The van der Waals surface area contributed by atoms with Crippen molar-refractivity contribution in [3.05, 3.63) is 29.8 Å². The van der Waals surface area contributed by atoms with E-state index in [1.165, 1.54) is 17.3 Å². The number of carbonyl (C=O) groups is 1. The average molecular weight is 332 g/mol. The third kappa shape index (κ3) is 4.13. The van der Waals surface area contributed by atoms with Crippen LogP contribution in [-0.2, 0) is 16.8 Å². The Balaban J connectivity index is 2.26. The molecule has 23 heavy (non-hydrogen) atoms. The minimum atomic E-state index is -0.0169. The molecule has 124 valence electrons. The van der Waals surface area contributed by atoms with Crippen molar-refractivity contribution >= 4 is 17.7 Å². The van der Waals surface area contributed by atoms with Crippen LogP contribution >= 0.6 is 11.8 Å². The first-order valence-corrected chi connectivity index (χ1v) is 8.73. The highest BCUT2D eigenvalue weighted by Crippen LogP contribution is 2.27. The number of rotatable bonds is 5. The van der Waals surface area contributed by atoms with Gasteiger partial charge in [0.25, 0.3) is 0 Å². The van der Waals surface area contributed by atoms with Crippen molar-refractivity contribution in [3.63, 3.8) is 0 Å². The second kappa shape index (κ2) is 7.17. The van der Waals surface area contributed by atoms with Gasteiger partial charge in [-0.3, -0.25) is 4.79 Å². The summed E-state index contributed by atoms with van der Waals surface area (Å²) in [5.41, 5.74) is 2.46. The highest BCUT2D eigenvalue weighted by molar-refractivity contribution is 7.99. The SMILES string of the molecule is CCn1c(SCC(=O)NC)nnc1-c1ccc(C(C)(C)C)cc1. The summed E-state index contributed by atoms with van der Waals surface area (Å²) in [6.45, 7) is 9.41. The van der Waals surface area contributed by atoms with Gasteiger partial charge in [-0.1, -0.05) is 56.8 Å². The van der Waals surface area contributed by atoms with Crippen LogP contribution in [0.15, 0.2) is 29.4 Å². The van der Waals surface area contributed by atoms with Crippen molar-refractivity contribution in [1.29, 1.82) is 0 Å². The van der Waals surface area contributed by atoms with Gasteiger partial charge in [0.2, 0.25) is 5.91 Å². The summed E-state index contributed by atoms with van der Waals surface area (Å²) in [5, 5.41) is 11.9. The zero-order valence-corrected chi connectivity index (χ0v) is 15.2. The van der Waals surface area contributed by atoms with E-state index in [2.05, 4.69) is 67.5 Å². The Kier molecular flexibility index (Phi) is 5.46. The molecule has 2 aromatic rings. The minimum absolute atomic E-state index is 0.0169. The highest BCUT2D eigenvalue weighted by atomic mass is 32.2. The first kappa shape index (κ1) is 17.5. The van der Waals surface area contributed by atoms with Gasteiger partial charge in [-0.25, -0.2) is 0 Å². The molecule has 0 saturated carbocycles. The summed E-state index contributed by atoms with van der Waals surface area (Å²) in [7, 11) is 1.63. The molecular weight excluding hydrogens is 308 g/mol. The van der Waals surface area contributed by atoms with E-state index in [9.17, 15) is 4.79 Å². The molecule has 0 unspecified atom stereocenters. The molecule has 1 aromatic carbocycles. The molecule has 1 amide bonds. The van der Waals surface area contributed by atoms with Crippen molar-refractivity contribution < 1.29 is 4.79 Å². The monoisotopic (exact) mass is 332 g/mol. The van der Waals surface area contributed by atoms with Gasteiger partial charge in [0.05, 0.1) is 5.75 Å². The molecular formula is C17H24N4OS. The van der Waals surface area contributed by atoms with Crippen molar-refractivity contribution in [2.24, 2.45) is 0 Å². The van der Waals surface area contributed by atoms with E-state index >= 15 is 0 Å². The zero-order chi connectivity index (χ0) is 17.0. The van der Waals surface area contributed by atoms with Crippen LogP contribution in [0, 0.1) is 0 Å². The zero-order valence-electron chi connectivity index (χ0n) is 14.4. The predicted octanol–water partition coefficient (Wildman–Crippen LogP) is 3.10. The highest BCUT2D eigenvalue weighted by Gasteiger charge is 2.16. The Morgan fingerprint density at radius 3 is 2.39 bits per heavy atom. The van der Waals surface area contributed by atoms with E-state index in [4.69, 9.17) is 0 Å². The van der Waals surface area contributed by atoms with E-state index in [-0.39, 0.29) is 11.3 Å². The number of nitrogens with zero attached hydrogens (tertiary/aromatic N) is 3. The van der Waals surface area contributed by atoms with Gasteiger partial charge in [-0.2, -0.15) is 0 Å². The molecule has 0 aliphatic rings. The maximum atomic E-state index is 11.4. The maximum Gasteiger partial charge on any atom is 0.230 e. The van der Waals surface area contributed by atoms with Gasteiger partial charge in [0, 0.05) is 19.2 Å². The van der Waals surface area contributed by atoms with Gasteiger partial charge in [-0.15, -0.1) is 10.2 Å². The predicted molar refractivity (Wildman–Crippen MR) is 94.6 cm³/mol. The number of hydrogen-bond donors (Lipinski definition) is 1. The fourth-order valence-corrected chi connectivity index (χ4v) is 3.09. The summed E-state index contributed by atoms with van der Waals surface area (Å²) in [6, 6.07) is 8.45. The van der Waals surface area contributed by atoms with Crippen molar-refractivity contribution in [1.82, 2.24) is 20.1 Å². The van der Waals surface area contributed by atoms with Crippen LogP contribution in [-0.4, -0.2) is 33.5 Å². The number of thioether (sulfide) groups is 1. The van der Waals surface area contributed by atoms with Crippen molar-refractivity contribution in [2.75, 3.05) is 12.8 Å². The molecule has 0 aliphatic heterocycles. The molecule has 1 aromatic heterocycles. The second-order valence-electron chi connectivity index (χ2n) is 6.34. The number of aromatic nitrogens is 3. The number of benzene rings is 1. The molecule has 0 atom stereocenters. The fraction of sp³-hybridized carbons (Fsp3) is 0.471. The van der Waals surface area contributed by atoms with Crippen LogP contribution in [0.3, 0.4) is 0 Å². The lowest BCUT2D eigenvalue weighted by Crippen LogP contribution is -2.20. The Labute approximate surface area is 141 Å². The fourth-order valence-electron chi connectivity index (χ4n) is 2.22. The molecule has 0 radical (unpaired) electrons. The van der Waals surface area contributed by atoms with Gasteiger partial charge >= 0.3 is 0 Å². The molecule has 0 aliphatic carbocycles. The van der Waals surface area contributed by atoms with E-state index in [0.717, 1.165) is 23.1 Å². The average Bonchev–Trinajstić information content (AvgIpc) is 2.94. The minimum Gasteiger partial charge on any atom is -0.358 e. The number of nitrogens with one attached hydrogen (secondary N) is 1. The van der Waals surface area contributed by atoms with Gasteiger partial charge in [-0.05, 0) is 17.9 Å². The van der Waals surface area contributed by atoms with Gasteiger partial charge in [0.15, 0.2) is 11.0 Å². The van der Waals surface area contributed by atoms with E-state index in [1.807, 2.05) is 4.57 Å². The smallest absolute Gasteiger partial charge is 0.230 e. The summed E-state index contributed by atoms with van der Waals surface area (Å²) in [6.07, 6.45) is 0. The van der Waals surface area contributed by atoms with Crippen LogP contribution < -0.4 is 5.32 Å². The van der Waals surface area contributed by atoms with Crippen LogP contribution in [0.2, 0.25) is 0 Å². The maximum absolute atomic E-state index is 11.4. The van der Waals surface area contributed by atoms with Gasteiger partial charge in [0.1, 0.15) is 0 Å². The molecule has 6 heteroatoms. The lowest BCUT2D eigenvalue weighted by atomic mass is 9.87. The molecule has 5 nitrogen and oxygen atoms in total. The largest absolute Gasteiger partial charge is 0.358 e. The van der Waals surface area contributed by atoms with E-state index < -0.39 is 0 Å². The van der Waals surface area contributed by atoms with Crippen LogP contribution in [0.5, 0.6) is 0 Å². The van der Waals surface area contributed by atoms with Gasteiger partial charge < -0.3 is 9.88 Å². The summed E-state index contributed by atoms with van der Waals surface area (Å²) in [5.74, 6) is 1.17. The van der Waals surface area contributed by atoms with E-state index in [1.54, 1.807) is 7.05 Å². The summed E-state index contributed by atoms with van der Waals surface area (Å²) >= 11 is 1.40. The Hall–Kier alpha value is -1.82. The Bertz CT molecular complexity index is 671. The topological polar surface area (TPSA) is 59.8 Å². The summed E-state index contributed by atoms with van der Waals surface area (Å²) in [4.78, 5) is 11.4. The Morgan fingerprint density at radius 1 is 1.22 bits per heavy atom. The molecule has 0 bridgehead atoms. The van der Waals surface area contributed by atoms with E-state index in [0.29, 0.717) is 5.75 Å². The summed E-state index contributed by atoms with van der Waals surface area (Å²) < 4.78 is 2.04. The van der Waals surface area contributed by atoms with Crippen molar-refractivity contribution in [3.8, 4) is 11.4 Å². The van der Waals surface area contributed by atoms with Crippen LogP contribution in [0.25, 0.3) is 11.4 Å². The second-order valence-corrected chi connectivity index (χ2v) is 7.28. The third-order valence-corrected chi connectivity index (χ3v) is 4.62. The number of hydrogen-bond acceptors (Lipinski definition) is 4.